The van der Waals surface area contributed by atoms with Crippen LogP contribution in [0.4, 0.5) is 0 Å². The zero-order valence-corrected chi connectivity index (χ0v) is 10.6. The van der Waals surface area contributed by atoms with Gasteiger partial charge >= 0.3 is 5.97 Å². The van der Waals surface area contributed by atoms with Gasteiger partial charge in [-0.2, -0.15) is 0 Å². The van der Waals surface area contributed by atoms with Crippen molar-refractivity contribution in [3.63, 3.8) is 0 Å². The van der Waals surface area contributed by atoms with Crippen LogP contribution in [0.3, 0.4) is 0 Å². The molecule has 3 nitrogen and oxygen atoms in total. The molecular weight excluding hydrogens is 270 g/mol. The normalized spacial score (nSPS) is 10.9. The van der Waals surface area contributed by atoms with Gasteiger partial charge in [-0.3, -0.25) is 0 Å². The number of carbonyl (C=O) groups is 1. The molecule has 0 aliphatic carbocycles. The lowest BCUT2D eigenvalue weighted by Crippen LogP contribution is -2.05. The summed E-state index contributed by atoms with van der Waals surface area (Å²) >= 11 is 3.26. The lowest BCUT2D eigenvalue weighted by molar-refractivity contribution is 0.0696. The number of hydrogen-bond acceptors (Lipinski definition) is 2. The van der Waals surface area contributed by atoms with Gasteiger partial charge in [-0.05, 0) is 37.7 Å². The van der Waals surface area contributed by atoms with E-state index in [9.17, 15) is 4.79 Å². The third-order valence-electron chi connectivity index (χ3n) is 2.10. The second-order valence-electron chi connectivity index (χ2n) is 3.33. The fourth-order valence-electron chi connectivity index (χ4n) is 1.30. The van der Waals surface area contributed by atoms with E-state index in [1.54, 1.807) is 12.1 Å². The average Bonchev–Trinajstić information content (AvgIpc) is 2.26. The van der Waals surface area contributed by atoms with E-state index in [1.807, 2.05) is 25.3 Å². The topological polar surface area (TPSA) is 49.3 Å². The zero-order chi connectivity index (χ0) is 12.0. The Hall–Kier alpha value is -1.13. The van der Waals surface area contributed by atoms with Gasteiger partial charge in [-0.25, -0.2) is 4.79 Å². The molecule has 0 unspecified atom stereocenters. The predicted octanol–water partition coefficient (Wildman–Crippen LogP) is 2.77. The molecule has 4 heteroatoms. The van der Waals surface area contributed by atoms with Crippen molar-refractivity contribution in [2.45, 2.75) is 6.42 Å². The molecule has 0 bridgehead atoms. The maximum Gasteiger partial charge on any atom is 0.336 e. The molecule has 0 saturated carbocycles. The van der Waals surface area contributed by atoms with Crippen molar-refractivity contribution in [1.82, 2.24) is 5.32 Å². The molecule has 86 valence electrons. The molecule has 0 heterocycles. The number of carboxylic acid groups (broad SMARTS) is 1. The van der Waals surface area contributed by atoms with Gasteiger partial charge in [0.2, 0.25) is 0 Å². The van der Waals surface area contributed by atoms with Crippen LogP contribution in [0.1, 0.15) is 22.3 Å². The largest absolute Gasteiger partial charge is 0.478 e. The summed E-state index contributed by atoms with van der Waals surface area (Å²) in [5, 5.41) is 12.1. The van der Waals surface area contributed by atoms with Gasteiger partial charge in [-0.15, -0.1) is 0 Å². The van der Waals surface area contributed by atoms with E-state index >= 15 is 0 Å². The highest BCUT2D eigenvalue weighted by molar-refractivity contribution is 9.10. The highest BCUT2D eigenvalue weighted by Crippen LogP contribution is 2.18. The van der Waals surface area contributed by atoms with Gasteiger partial charge in [0.25, 0.3) is 0 Å². The molecule has 0 aliphatic heterocycles. The van der Waals surface area contributed by atoms with E-state index < -0.39 is 5.97 Å². The second kappa shape index (κ2) is 6.45. The molecule has 0 fully saturated rings. The van der Waals surface area contributed by atoms with Crippen LogP contribution >= 0.6 is 15.9 Å². The second-order valence-corrected chi connectivity index (χ2v) is 4.25. The van der Waals surface area contributed by atoms with Crippen LogP contribution in [0.2, 0.25) is 0 Å². The zero-order valence-electron chi connectivity index (χ0n) is 9.03. The van der Waals surface area contributed by atoms with Crippen LogP contribution in [0.25, 0.3) is 6.08 Å². The molecule has 0 radical (unpaired) electrons. The van der Waals surface area contributed by atoms with E-state index in [2.05, 4.69) is 21.2 Å². The minimum Gasteiger partial charge on any atom is -0.478 e. The fraction of sp³-hybridized carbons (Fsp3) is 0.250. The standard InChI is InChI=1S/C12H14BrNO2/c1-14-7-3-2-4-9-5-6-10(13)8-11(9)12(15)16/h2,4-6,8,14H,3,7H2,1H3,(H,15,16). The smallest absolute Gasteiger partial charge is 0.336 e. The van der Waals surface area contributed by atoms with Gasteiger partial charge in [0, 0.05) is 4.47 Å². The van der Waals surface area contributed by atoms with Crippen LogP contribution in [0, 0.1) is 0 Å². The van der Waals surface area contributed by atoms with E-state index in [1.165, 1.54) is 0 Å². The van der Waals surface area contributed by atoms with Crippen LogP contribution in [-0.2, 0) is 0 Å². The molecule has 0 atom stereocenters. The number of rotatable bonds is 5. The Morgan fingerprint density at radius 1 is 1.56 bits per heavy atom. The number of nitrogens with one attached hydrogen (secondary N) is 1. The van der Waals surface area contributed by atoms with Gasteiger partial charge in [0.15, 0.2) is 0 Å². The summed E-state index contributed by atoms with van der Waals surface area (Å²) in [5.41, 5.74) is 1.04. The third kappa shape index (κ3) is 3.79. The average molecular weight is 284 g/mol. The quantitative estimate of drug-likeness (QED) is 0.817. The Balaban J connectivity index is 2.86. The van der Waals surface area contributed by atoms with E-state index in [0.29, 0.717) is 5.56 Å². The van der Waals surface area contributed by atoms with Gasteiger partial charge in [0.1, 0.15) is 0 Å². The van der Waals surface area contributed by atoms with Crippen molar-refractivity contribution in [3.8, 4) is 0 Å². The fourth-order valence-corrected chi connectivity index (χ4v) is 1.66. The number of halogens is 1. The minimum atomic E-state index is -0.908. The highest BCUT2D eigenvalue weighted by Gasteiger charge is 2.07. The van der Waals surface area contributed by atoms with Gasteiger partial charge < -0.3 is 10.4 Å². The van der Waals surface area contributed by atoms with Gasteiger partial charge in [0.05, 0.1) is 5.56 Å². The lowest BCUT2D eigenvalue weighted by Gasteiger charge is -2.01. The van der Waals surface area contributed by atoms with Gasteiger partial charge in [-0.1, -0.05) is 34.1 Å². The summed E-state index contributed by atoms with van der Waals surface area (Å²) in [5.74, 6) is -0.908. The molecule has 0 aromatic heterocycles. The maximum absolute atomic E-state index is 11.0. The number of carboxylic acids is 1. The molecule has 0 amide bonds. The molecular formula is C12H14BrNO2. The number of benzene rings is 1. The number of aromatic carboxylic acids is 1. The van der Waals surface area contributed by atoms with E-state index in [-0.39, 0.29) is 0 Å². The van der Waals surface area contributed by atoms with Crippen molar-refractivity contribution in [2.24, 2.45) is 0 Å². The van der Waals surface area contributed by atoms with Crippen molar-refractivity contribution >= 4 is 28.0 Å². The molecule has 0 aliphatic rings. The molecule has 16 heavy (non-hydrogen) atoms. The summed E-state index contributed by atoms with van der Waals surface area (Å²) < 4.78 is 0.775. The van der Waals surface area contributed by atoms with E-state index in [0.717, 1.165) is 23.0 Å². The molecule has 1 rings (SSSR count). The molecule has 0 saturated heterocycles. The van der Waals surface area contributed by atoms with Crippen LogP contribution in [0.5, 0.6) is 0 Å². The van der Waals surface area contributed by atoms with E-state index in [4.69, 9.17) is 5.11 Å². The van der Waals surface area contributed by atoms with Crippen molar-refractivity contribution in [2.75, 3.05) is 13.6 Å². The van der Waals surface area contributed by atoms with Crippen molar-refractivity contribution < 1.29 is 9.90 Å². The maximum atomic E-state index is 11.0. The Labute approximate surface area is 103 Å². The first-order valence-corrected chi connectivity index (χ1v) is 5.78. The summed E-state index contributed by atoms with van der Waals surface area (Å²) in [6, 6.07) is 5.24. The lowest BCUT2D eigenvalue weighted by atomic mass is 10.1. The Morgan fingerprint density at radius 3 is 2.94 bits per heavy atom. The van der Waals surface area contributed by atoms with Crippen LogP contribution in [-0.4, -0.2) is 24.7 Å². The Morgan fingerprint density at radius 2 is 2.31 bits per heavy atom. The Bertz CT molecular complexity index is 402. The van der Waals surface area contributed by atoms with Crippen LogP contribution in [0.15, 0.2) is 28.7 Å². The molecule has 0 spiro atoms. The predicted molar refractivity (Wildman–Crippen MR) is 68.7 cm³/mol. The molecule has 1 aromatic rings. The first-order valence-electron chi connectivity index (χ1n) is 4.99. The number of hydrogen-bond donors (Lipinski definition) is 2. The van der Waals surface area contributed by atoms with Crippen molar-refractivity contribution in [1.29, 1.82) is 0 Å². The SMILES string of the molecule is CNCCC=Cc1ccc(Br)cc1C(=O)O. The monoisotopic (exact) mass is 283 g/mol. The summed E-state index contributed by atoms with van der Waals surface area (Å²) in [7, 11) is 1.89. The molecule has 2 N–H and O–H groups in total. The first-order chi connectivity index (χ1) is 7.65. The summed E-state index contributed by atoms with van der Waals surface area (Å²) in [6.45, 7) is 0.884. The van der Waals surface area contributed by atoms with Crippen molar-refractivity contribution in [3.05, 3.63) is 39.9 Å². The summed E-state index contributed by atoms with van der Waals surface area (Å²) in [6.07, 6.45) is 4.69. The molecule has 1 aromatic carbocycles. The van der Waals surface area contributed by atoms with Crippen LogP contribution < -0.4 is 5.32 Å². The Kier molecular flexibility index (Phi) is 5.22. The minimum absolute atomic E-state index is 0.315. The first kappa shape index (κ1) is 12.9. The third-order valence-corrected chi connectivity index (χ3v) is 2.60. The summed E-state index contributed by atoms with van der Waals surface area (Å²) in [4.78, 5) is 11.0. The highest BCUT2D eigenvalue weighted by atomic mass is 79.9.